The standard InChI is InChI=1S/C29H29N5O/c35-29(34(27-13-7-8-18-30-27)22-25-11-5-2-6-12-25)26-14-15-28(32-31-26)33-19-16-24(17-20-33)21-23-9-3-1-4-10-23/h1-15,18,24H,16-17,19-22H2. The Hall–Kier alpha value is -4.06. The van der Waals surface area contributed by atoms with Crippen LogP contribution in [0, 0.1) is 5.92 Å². The molecule has 1 aliphatic heterocycles. The summed E-state index contributed by atoms with van der Waals surface area (Å²) in [7, 11) is 0. The van der Waals surface area contributed by atoms with Crippen molar-refractivity contribution < 1.29 is 4.79 Å². The van der Waals surface area contributed by atoms with E-state index in [-0.39, 0.29) is 5.91 Å². The van der Waals surface area contributed by atoms with E-state index < -0.39 is 0 Å². The lowest BCUT2D eigenvalue weighted by atomic mass is 9.90. The molecule has 5 rings (SSSR count). The van der Waals surface area contributed by atoms with Crippen molar-refractivity contribution in [1.82, 2.24) is 15.2 Å². The van der Waals surface area contributed by atoms with Crippen molar-refractivity contribution in [2.45, 2.75) is 25.8 Å². The quantitative estimate of drug-likeness (QED) is 0.378. The van der Waals surface area contributed by atoms with Crippen LogP contribution in [0.3, 0.4) is 0 Å². The molecule has 0 saturated carbocycles. The highest BCUT2D eigenvalue weighted by atomic mass is 16.2. The first-order chi connectivity index (χ1) is 17.3. The molecular formula is C29H29N5O. The highest BCUT2D eigenvalue weighted by molar-refractivity contribution is 6.04. The first-order valence-corrected chi connectivity index (χ1v) is 12.2. The van der Waals surface area contributed by atoms with E-state index in [9.17, 15) is 4.79 Å². The minimum Gasteiger partial charge on any atom is -0.355 e. The fourth-order valence-corrected chi connectivity index (χ4v) is 4.60. The topological polar surface area (TPSA) is 62.2 Å². The second-order valence-electron chi connectivity index (χ2n) is 8.96. The molecule has 1 fully saturated rings. The fourth-order valence-electron chi connectivity index (χ4n) is 4.60. The molecule has 4 aromatic rings. The predicted octanol–water partition coefficient (Wildman–Crippen LogP) is 5.18. The van der Waals surface area contributed by atoms with Gasteiger partial charge in [0.1, 0.15) is 5.82 Å². The van der Waals surface area contributed by atoms with Crippen LogP contribution in [-0.4, -0.2) is 34.2 Å². The van der Waals surface area contributed by atoms with Crippen LogP contribution in [0.2, 0.25) is 0 Å². The van der Waals surface area contributed by atoms with Gasteiger partial charge in [-0.3, -0.25) is 9.69 Å². The molecule has 35 heavy (non-hydrogen) atoms. The number of amides is 1. The average molecular weight is 464 g/mol. The third-order valence-electron chi connectivity index (χ3n) is 6.53. The van der Waals surface area contributed by atoms with Crippen LogP contribution in [-0.2, 0) is 13.0 Å². The number of nitrogens with zero attached hydrogens (tertiary/aromatic N) is 5. The second kappa shape index (κ2) is 10.9. The van der Waals surface area contributed by atoms with E-state index >= 15 is 0 Å². The summed E-state index contributed by atoms with van der Waals surface area (Å²) in [6.45, 7) is 2.32. The van der Waals surface area contributed by atoms with Crippen molar-refractivity contribution in [3.05, 3.63) is 114 Å². The van der Waals surface area contributed by atoms with Crippen molar-refractivity contribution in [3.8, 4) is 0 Å². The summed E-state index contributed by atoms with van der Waals surface area (Å²) in [6, 6.07) is 29.8. The minimum atomic E-state index is -0.215. The number of benzene rings is 2. The van der Waals surface area contributed by atoms with Crippen LogP contribution in [0.25, 0.3) is 0 Å². The summed E-state index contributed by atoms with van der Waals surface area (Å²) in [5.41, 5.74) is 2.74. The Morgan fingerprint density at radius 2 is 1.49 bits per heavy atom. The second-order valence-corrected chi connectivity index (χ2v) is 8.96. The highest BCUT2D eigenvalue weighted by Crippen LogP contribution is 2.25. The Labute approximate surface area is 206 Å². The summed E-state index contributed by atoms with van der Waals surface area (Å²) in [5, 5.41) is 8.74. The maximum atomic E-state index is 13.4. The molecule has 6 heteroatoms. The molecule has 176 valence electrons. The Morgan fingerprint density at radius 1 is 0.800 bits per heavy atom. The number of aromatic nitrogens is 3. The van der Waals surface area contributed by atoms with E-state index in [0.717, 1.165) is 43.7 Å². The lowest BCUT2D eigenvalue weighted by Gasteiger charge is -2.32. The molecule has 0 aliphatic carbocycles. The van der Waals surface area contributed by atoms with Gasteiger partial charge in [-0.25, -0.2) is 4.98 Å². The molecule has 0 N–H and O–H groups in total. The largest absolute Gasteiger partial charge is 0.355 e. The number of anilines is 2. The van der Waals surface area contributed by atoms with E-state index in [1.807, 2.05) is 54.6 Å². The smallest absolute Gasteiger partial charge is 0.280 e. The molecule has 2 aromatic carbocycles. The van der Waals surface area contributed by atoms with Crippen LogP contribution >= 0.6 is 0 Å². The molecule has 6 nitrogen and oxygen atoms in total. The summed E-state index contributed by atoms with van der Waals surface area (Å²) in [5.74, 6) is 1.89. The number of piperidine rings is 1. The van der Waals surface area contributed by atoms with Crippen LogP contribution in [0.4, 0.5) is 11.6 Å². The molecule has 2 aromatic heterocycles. The van der Waals surface area contributed by atoms with Crippen molar-refractivity contribution in [3.63, 3.8) is 0 Å². The molecule has 1 amide bonds. The van der Waals surface area contributed by atoms with Crippen molar-refractivity contribution in [2.24, 2.45) is 5.92 Å². The van der Waals surface area contributed by atoms with Crippen molar-refractivity contribution in [2.75, 3.05) is 22.9 Å². The zero-order valence-electron chi connectivity index (χ0n) is 19.7. The normalized spacial score (nSPS) is 14.0. The Balaban J connectivity index is 1.25. The van der Waals surface area contributed by atoms with E-state index in [2.05, 4.69) is 50.4 Å². The molecule has 0 unspecified atom stereocenters. The number of carbonyl (C=O) groups is 1. The molecule has 0 atom stereocenters. The van der Waals surface area contributed by atoms with Gasteiger partial charge in [0, 0.05) is 19.3 Å². The van der Waals surface area contributed by atoms with Gasteiger partial charge in [-0.1, -0.05) is 66.7 Å². The number of rotatable bonds is 7. The van der Waals surface area contributed by atoms with Gasteiger partial charge < -0.3 is 4.90 Å². The molecule has 1 saturated heterocycles. The monoisotopic (exact) mass is 463 g/mol. The van der Waals surface area contributed by atoms with E-state index in [1.54, 1.807) is 17.2 Å². The van der Waals surface area contributed by atoms with Crippen molar-refractivity contribution >= 4 is 17.5 Å². The average Bonchev–Trinajstić information content (AvgIpc) is 2.93. The van der Waals surface area contributed by atoms with Crippen molar-refractivity contribution in [1.29, 1.82) is 0 Å². The fraction of sp³-hybridized carbons (Fsp3) is 0.241. The van der Waals surface area contributed by atoms with Gasteiger partial charge >= 0.3 is 0 Å². The Kier molecular flexibility index (Phi) is 7.08. The van der Waals surface area contributed by atoms with Crippen LogP contribution < -0.4 is 9.80 Å². The van der Waals surface area contributed by atoms with Crippen LogP contribution in [0.15, 0.2) is 97.2 Å². The summed E-state index contributed by atoms with van der Waals surface area (Å²) < 4.78 is 0. The summed E-state index contributed by atoms with van der Waals surface area (Å²) in [4.78, 5) is 21.7. The molecule has 0 radical (unpaired) electrons. The zero-order chi connectivity index (χ0) is 23.9. The predicted molar refractivity (Wildman–Crippen MR) is 138 cm³/mol. The summed E-state index contributed by atoms with van der Waals surface area (Å²) in [6.07, 6.45) is 5.07. The van der Waals surface area contributed by atoms with Gasteiger partial charge in [-0.2, -0.15) is 0 Å². The van der Waals surface area contributed by atoms with Gasteiger partial charge in [0.05, 0.1) is 6.54 Å². The number of carbonyl (C=O) groups excluding carboxylic acids is 1. The molecule has 0 spiro atoms. The summed E-state index contributed by atoms with van der Waals surface area (Å²) >= 11 is 0. The number of hydrogen-bond acceptors (Lipinski definition) is 5. The molecule has 1 aliphatic rings. The number of hydrogen-bond donors (Lipinski definition) is 0. The minimum absolute atomic E-state index is 0.215. The van der Waals surface area contributed by atoms with Gasteiger partial charge in [-0.05, 0) is 60.6 Å². The molecule has 0 bridgehead atoms. The van der Waals surface area contributed by atoms with E-state index in [1.165, 1.54) is 5.56 Å². The van der Waals surface area contributed by atoms with Gasteiger partial charge in [0.2, 0.25) is 0 Å². The lowest BCUT2D eigenvalue weighted by molar-refractivity contribution is 0.0978. The highest BCUT2D eigenvalue weighted by Gasteiger charge is 2.23. The van der Waals surface area contributed by atoms with Gasteiger partial charge in [0.25, 0.3) is 5.91 Å². The first-order valence-electron chi connectivity index (χ1n) is 12.2. The third-order valence-corrected chi connectivity index (χ3v) is 6.53. The van der Waals surface area contributed by atoms with E-state index in [4.69, 9.17) is 0 Å². The van der Waals surface area contributed by atoms with Gasteiger partial charge in [-0.15, -0.1) is 10.2 Å². The molecular weight excluding hydrogens is 434 g/mol. The van der Waals surface area contributed by atoms with Gasteiger partial charge in [0.15, 0.2) is 11.5 Å². The maximum Gasteiger partial charge on any atom is 0.280 e. The van der Waals surface area contributed by atoms with Crippen LogP contribution in [0.5, 0.6) is 0 Å². The lowest BCUT2D eigenvalue weighted by Crippen LogP contribution is -2.35. The zero-order valence-corrected chi connectivity index (χ0v) is 19.7. The Morgan fingerprint density at radius 3 is 2.11 bits per heavy atom. The first kappa shape index (κ1) is 22.7. The number of pyridine rings is 1. The third kappa shape index (κ3) is 5.72. The van der Waals surface area contributed by atoms with E-state index in [0.29, 0.717) is 24.0 Å². The SMILES string of the molecule is O=C(c1ccc(N2CCC(Cc3ccccc3)CC2)nn1)N(Cc1ccccc1)c1ccccn1. The molecule has 3 heterocycles. The Bertz CT molecular complexity index is 1210. The maximum absolute atomic E-state index is 13.4. The van der Waals surface area contributed by atoms with Crippen LogP contribution in [0.1, 0.15) is 34.5 Å².